The van der Waals surface area contributed by atoms with Crippen molar-refractivity contribution < 1.29 is 27.2 Å². The predicted molar refractivity (Wildman–Crippen MR) is 135 cm³/mol. The number of nitrogens with zero attached hydrogens (tertiary/aromatic N) is 1. The van der Waals surface area contributed by atoms with E-state index in [0.29, 0.717) is 5.56 Å². The molecule has 3 rings (SSSR count). The molecule has 12 heteroatoms. The average Bonchev–Trinajstić information content (AvgIpc) is 2.79. The van der Waals surface area contributed by atoms with Gasteiger partial charge in [0.05, 0.1) is 16.3 Å². The number of carbonyl (C=O) groups excluding carboxylic acids is 3. The molecule has 2 aromatic rings. The number of halogens is 2. The normalized spacial score (nSPS) is 15.2. The summed E-state index contributed by atoms with van der Waals surface area (Å²) in [5.74, 6) is -2.73. The number of benzene rings is 2. The first-order chi connectivity index (χ1) is 16.9. The highest BCUT2D eigenvalue weighted by atomic mass is 35.5. The molecule has 1 heterocycles. The van der Waals surface area contributed by atoms with Gasteiger partial charge in [-0.1, -0.05) is 56.6 Å². The smallest absolute Gasteiger partial charge is 0.303 e. The second-order valence-electron chi connectivity index (χ2n) is 8.82. The molecule has 0 saturated carbocycles. The van der Waals surface area contributed by atoms with E-state index in [-0.39, 0.29) is 41.7 Å². The number of amides is 3. The molecule has 9 nitrogen and oxygen atoms in total. The molecule has 2 aromatic carbocycles. The van der Waals surface area contributed by atoms with Crippen LogP contribution in [-0.4, -0.2) is 50.6 Å². The molecule has 0 spiro atoms. The van der Waals surface area contributed by atoms with E-state index < -0.39 is 39.2 Å². The number of nitrogens with one attached hydrogen (secondary N) is 3. The molecule has 1 fully saturated rings. The van der Waals surface area contributed by atoms with Gasteiger partial charge in [-0.25, -0.2) is 9.11 Å². The number of carbonyl (C=O) groups is 3. The van der Waals surface area contributed by atoms with Crippen LogP contribution >= 0.6 is 11.6 Å². The van der Waals surface area contributed by atoms with Gasteiger partial charge in [0.15, 0.2) is 0 Å². The summed E-state index contributed by atoms with van der Waals surface area (Å²) in [5, 5.41) is 4.74. The minimum atomic E-state index is -4.18. The summed E-state index contributed by atoms with van der Waals surface area (Å²) in [7, 11) is -2.80. The molecule has 0 radical (unpaired) electrons. The molecular weight excluding hydrogens is 511 g/mol. The summed E-state index contributed by atoms with van der Waals surface area (Å²) >= 11 is 5.85. The van der Waals surface area contributed by atoms with E-state index in [1.807, 2.05) is 30.7 Å². The molecular formula is C24H28ClFN4O5S. The molecule has 1 saturated heterocycles. The lowest BCUT2D eigenvalue weighted by Crippen LogP contribution is -2.68. The first kappa shape index (κ1) is 27.6. The zero-order valence-electron chi connectivity index (χ0n) is 20.3. The minimum Gasteiger partial charge on any atom is -0.355 e. The molecule has 194 valence electrons. The van der Waals surface area contributed by atoms with Crippen molar-refractivity contribution in [3.63, 3.8) is 0 Å². The lowest BCUT2D eigenvalue weighted by molar-refractivity contribution is -0.125. The Morgan fingerprint density at radius 2 is 1.81 bits per heavy atom. The maximum absolute atomic E-state index is 14.3. The van der Waals surface area contributed by atoms with Gasteiger partial charge in [0.25, 0.3) is 5.91 Å². The van der Waals surface area contributed by atoms with Crippen molar-refractivity contribution in [2.75, 3.05) is 25.5 Å². The van der Waals surface area contributed by atoms with Gasteiger partial charge in [0.2, 0.25) is 11.8 Å². The van der Waals surface area contributed by atoms with Crippen molar-refractivity contribution in [2.45, 2.75) is 38.5 Å². The summed E-state index contributed by atoms with van der Waals surface area (Å²) in [6.07, 6.45) is -0.0285. The Balaban J connectivity index is 2.06. The third kappa shape index (κ3) is 5.23. The monoisotopic (exact) mass is 538 g/mol. The molecule has 0 bridgehead atoms. The van der Waals surface area contributed by atoms with Gasteiger partial charge in [0, 0.05) is 26.6 Å². The second-order valence-corrected chi connectivity index (χ2v) is 10.9. The SMILES string of the molecule is CCC(=O)NS(=O)(=O)N1CC(C(=O)Nc2cc(F)c(Cl)cc2C(=O)NC)(c2ccccc2C(C)C)C1. The standard InChI is InChI=1S/C24H28ClFN4O5S/c1-5-21(31)29-36(34,35)30-12-24(13-30,17-9-7-6-8-15(17)14(2)3)23(33)28-20-11-19(26)18(25)10-16(20)22(32)27-4/h6-11,14H,5,12-13H2,1-4H3,(H,27,32)(H,28,33)(H,29,31). The van der Waals surface area contributed by atoms with Crippen LogP contribution in [0.5, 0.6) is 0 Å². The summed E-state index contributed by atoms with van der Waals surface area (Å²) in [5.41, 5.74) is -0.0920. The molecule has 3 N–H and O–H groups in total. The first-order valence-corrected chi connectivity index (χ1v) is 13.1. The number of rotatable bonds is 8. The van der Waals surface area contributed by atoms with Crippen molar-refractivity contribution in [1.82, 2.24) is 14.3 Å². The van der Waals surface area contributed by atoms with Gasteiger partial charge in [-0.15, -0.1) is 0 Å². The van der Waals surface area contributed by atoms with E-state index in [2.05, 4.69) is 10.6 Å². The Labute approximate surface area is 214 Å². The van der Waals surface area contributed by atoms with E-state index in [1.165, 1.54) is 14.0 Å². The topological polar surface area (TPSA) is 125 Å². The Hall–Kier alpha value is -3.02. The van der Waals surface area contributed by atoms with Crippen LogP contribution in [0.25, 0.3) is 0 Å². The maximum atomic E-state index is 14.3. The van der Waals surface area contributed by atoms with E-state index in [4.69, 9.17) is 11.6 Å². The highest BCUT2D eigenvalue weighted by molar-refractivity contribution is 7.87. The second kappa shape index (κ2) is 10.5. The van der Waals surface area contributed by atoms with Gasteiger partial charge < -0.3 is 10.6 Å². The highest BCUT2D eigenvalue weighted by Gasteiger charge is 2.55. The van der Waals surface area contributed by atoms with E-state index in [1.54, 1.807) is 12.1 Å². The molecule has 1 aliphatic heterocycles. The summed E-state index contributed by atoms with van der Waals surface area (Å²) in [6.45, 7) is 4.88. The minimum absolute atomic E-state index is 0.00531. The zero-order chi connectivity index (χ0) is 26.8. The summed E-state index contributed by atoms with van der Waals surface area (Å²) in [6, 6.07) is 9.20. The van der Waals surface area contributed by atoms with Gasteiger partial charge in [-0.2, -0.15) is 12.7 Å². The quantitative estimate of drug-likeness (QED) is 0.476. The Morgan fingerprint density at radius 1 is 1.17 bits per heavy atom. The molecule has 0 unspecified atom stereocenters. The van der Waals surface area contributed by atoms with Crippen LogP contribution < -0.4 is 15.4 Å². The van der Waals surface area contributed by atoms with E-state index in [9.17, 15) is 27.2 Å². The van der Waals surface area contributed by atoms with Crippen LogP contribution in [0.4, 0.5) is 10.1 Å². The van der Waals surface area contributed by atoms with Gasteiger partial charge in [-0.3, -0.25) is 14.4 Å². The number of hydrogen-bond acceptors (Lipinski definition) is 5. The fourth-order valence-electron chi connectivity index (χ4n) is 4.09. The largest absolute Gasteiger partial charge is 0.355 e. The zero-order valence-corrected chi connectivity index (χ0v) is 21.9. The van der Waals surface area contributed by atoms with E-state index in [0.717, 1.165) is 22.0 Å². The van der Waals surface area contributed by atoms with Crippen molar-refractivity contribution in [3.05, 3.63) is 63.9 Å². The average molecular weight is 539 g/mol. The third-order valence-electron chi connectivity index (χ3n) is 6.11. The molecule has 0 atom stereocenters. The predicted octanol–water partition coefficient (Wildman–Crippen LogP) is 2.93. The lowest BCUT2D eigenvalue weighted by Gasteiger charge is -2.48. The van der Waals surface area contributed by atoms with Crippen LogP contribution in [0.3, 0.4) is 0 Å². The Bertz CT molecular complexity index is 1310. The molecule has 0 aliphatic carbocycles. The van der Waals surface area contributed by atoms with Crippen molar-refractivity contribution in [2.24, 2.45) is 0 Å². The van der Waals surface area contributed by atoms with Crippen LogP contribution in [0, 0.1) is 5.82 Å². The highest BCUT2D eigenvalue weighted by Crippen LogP contribution is 2.41. The molecule has 36 heavy (non-hydrogen) atoms. The lowest BCUT2D eigenvalue weighted by atomic mass is 9.71. The fourth-order valence-corrected chi connectivity index (χ4v) is 5.60. The Morgan fingerprint density at radius 3 is 2.39 bits per heavy atom. The summed E-state index contributed by atoms with van der Waals surface area (Å²) in [4.78, 5) is 37.9. The van der Waals surface area contributed by atoms with Gasteiger partial charge in [-0.05, 0) is 29.2 Å². The van der Waals surface area contributed by atoms with E-state index >= 15 is 0 Å². The fraction of sp³-hybridized carbons (Fsp3) is 0.375. The molecule has 0 aromatic heterocycles. The molecule has 1 aliphatic rings. The van der Waals surface area contributed by atoms with Crippen molar-refractivity contribution in [3.8, 4) is 0 Å². The van der Waals surface area contributed by atoms with Gasteiger partial charge in [0.1, 0.15) is 11.2 Å². The van der Waals surface area contributed by atoms with Crippen molar-refractivity contribution >= 4 is 45.2 Å². The Kier molecular flexibility index (Phi) is 8.07. The number of hydrogen-bond donors (Lipinski definition) is 3. The first-order valence-electron chi connectivity index (χ1n) is 11.3. The number of anilines is 1. The van der Waals surface area contributed by atoms with Crippen LogP contribution in [-0.2, 0) is 25.2 Å². The summed E-state index contributed by atoms with van der Waals surface area (Å²) < 4.78 is 42.7. The van der Waals surface area contributed by atoms with Crippen molar-refractivity contribution in [1.29, 1.82) is 0 Å². The molecule has 3 amide bonds. The van der Waals surface area contributed by atoms with Crippen LogP contribution in [0.15, 0.2) is 36.4 Å². The third-order valence-corrected chi connectivity index (χ3v) is 7.82. The maximum Gasteiger partial charge on any atom is 0.303 e. The van der Waals surface area contributed by atoms with Crippen LogP contribution in [0.2, 0.25) is 5.02 Å². The van der Waals surface area contributed by atoms with Gasteiger partial charge >= 0.3 is 10.2 Å². The van der Waals surface area contributed by atoms with Crippen LogP contribution in [0.1, 0.15) is 54.6 Å².